The number of hydrogen-bond acceptors (Lipinski definition) is 8. The summed E-state index contributed by atoms with van der Waals surface area (Å²) in [5, 5.41) is 10.2. The average molecular weight is 512 g/mol. The summed E-state index contributed by atoms with van der Waals surface area (Å²) in [5.41, 5.74) is 6.82. The van der Waals surface area contributed by atoms with Crippen molar-refractivity contribution in [3.63, 3.8) is 0 Å². The number of ether oxygens (including phenoxy) is 1. The Balaban J connectivity index is 1.57. The molecule has 2 aliphatic rings. The number of carbonyl (C=O) groups excluding carboxylic acids is 1. The minimum atomic E-state index is -0.853. The van der Waals surface area contributed by atoms with Gasteiger partial charge in [0.2, 0.25) is 0 Å². The summed E-state index contributed by atoms with van der Waals surface area (Å²) in [7, 11) is 4.94. The Morgan fingerprint density at radius 2 is 1.95 bits per heavy atom. The molecule has 1 fully saturated rings. The Kier molecular flexibility index (Phi) is 6.30. The predicted molar refractivity (Wildman–Crippen MR) is 135 cm³/mol. The van der Waals surface area contributed by atoms with Crippen LogP contribution in [-0.4, -0.2) is 61.0 Å². The third-order valence-corrected chi connectivity index (χ3v) is 6.81. The SMILES string of the molecule is COc1cccc(F)c1-n1nccc(C(=O)Nc2cc(F)c3c(c2N2CCC(N)C2)CN(C)N3C)c1=O. The number of hydrazine groups is 1. The van der Waals surface area contributed by atoms with Crippen molar-refractivity contribution in [2.75, 3.05) is 49.5 Å². The van der Waals surface area contributed by atoms with Gasteiger partial charge in [0.25, 0.3) is 11.5 Å². The van der Waals surface area contributed by atoms with Crippen LogP contribution in [-0.2, 0) is 6.54 Å². The molecular weight excluding hydrogens is 484 g/mol. The van der Waals surface area contributed by atoms with Crippen LogP contribution < -0.4 is 31.3 Å². The molecule has 2 aliphatic heterocycles. The molecule has 37 heavy (non-hydrogen) atoms. The molecule has 0 radical (unpaired) electrons. The first-order valence-electron chi connectivity index (χ1n) is 11.7. The van der Waals surface area contributed by atoms with E-state index in [4.69, 9.17) is 10.5 Å². The average Bonchev–Trinajstić information content (AvgIpc) is 3.42. The van der Waals surface area contributed by atoms with Gasteiger partial charge < -0.3 is 25.7 Å². The van der Waals surface area contributed by atoms with E-state index in [1.54, 1.807) is 12.1 Å². The van der Waals surface area contributed by atoms with E-state index in [2.05, 4.69) is 10.4 Å². The van der Waals surface area contributed by atoms with Gasteiger partial charge in [-0.3, -0.25) is 9.59 Å². The van der Waals surface area contributed by atoms with Gasteiger partial charge in [0.1, 0.15) is 22.8 Å². The summed E-state index contributed by atoms with van der Waals surface area (Å²) < 4.78 is 35.9. The minimum Gasteiger partial charge on any atom is -0.494 e. The van der Waals surface area contributed by atoms with Crippen molar-refractivity contribution in [2.45, 2.75) is 19.0 Å². The molecule has 0 bridgehead atoms. The van der Waals surface area contributed by atoms with E-state index in [-0.39, 0.29) is 28.7 Å². The summed E-state index contributed by atoms with van der Waals surface area (Å²) in [4.78, 5) is 28.6. The minimum absolute atomic E-state index is 0.0516. The summed E-state index contributed by atoms with van der Waals surface area (Å²) >= 11 is 0. The van der Waals surface area contributed by atoms with Crippen molar-refractivity contribution >= 4 is 23.0 Å². The second-order valence-electron chi connectivity index (χ2n) is 9.12. The lowest BCUT2D eigenvalue weighted by Gasteiger charge is -2.26. The maximum absolute atomic E-state index is 15.3. The summed E-state index contributed by atoms with van der Waals surface area (Å²) in [5.74, 6) is -1.95. The largest absolute Gasteiger partial charge is 0.494 e. The zero-order valence-corrected chi connectivity index (χ0v) is 20.7. The van der Waals surface area contributed by atoms with Crippen molar-refractivity contribution in [2.24, 2.45) is 5.73 Å². The fourth-order valence-corrected chi connectivity index (χ4v) is 4.93. The van der Waals surface area contributed by atoms with E-state index in [1.165, 1.54) is 37.6 Å². The summed E-state index contributed by atoms with van der Waals surface area (Å²) in [6.45, 7) is 1.62. The van der Waals surface area contributed by atoms with E-state index in [0.717, 1.165) is 22.7 Å². The first-order chi connectivity index (χ1) is 17.7. The Bertz CT molecular complexity index is 1440. The quantitative estimate of drug-likeness (QED) is 0.536. The van der Waals surface area contributed by atoms with Crippen molar-refractivity contribution < 1.29 is 18.3 Å². The number of nitrogens with one attached hydrogen (secondary N) is 1. The lowest BCUT2D eigenvalue weighted by atomic mass is 10.1. The van der Waals surface area contributed by atoms with E-state index in [9.17, 15) is 14.0 Å². The van der Waals surface area contributed by atoms with Crippen molar-refractivity contribution in [3.8, 4) is 11.4 Å². The molecule has 0 spiro atoms. The van der Waals surface area contributed by atoms with Crippen LogP contribution in [0.15, 0.2) is 41.3 Å². The monoisotopic (exact) mass is 511 g/mol. The van der Waals surface area contributed by atoms with Gasteiger partial charge in [-0.05, 0) is 24.6 Å². The number of carbonyl (C=O) groups is 1. The summed E-state index contributed by atoms with van der Waals surface area (Å²) in [6, 6.07) is 6.51. The molecule has 10 nitrogen and oxygen atoms in total. The van der Waals surface area contributed by atoms with Crippen molar-refractivity contribution in [1.29, 1.82) is 0 Å². The lowest BCUT2D eigenvalue weighted by Crippen LogP contribution is -2.31. The Morgan fingerprint density at radius 1 is 1.16 bits per heavy atom. The van der Waals surface area contributed by atoms with Crippen LogP contribution >= 0.6 is 0 Å². The standard InChI is InChI=1S/C25H27F2N7O3/c1-31-13-16-21(32(31)2)18(27)11-19(22(16)33-10-8-14(28)12-33)30-24(35)15-7-9-29-34(25(15)36)23-17(26)5-4-6-20(23)37-3/h4-7,9,11,14H,8,10,12-13,28H2,1-3H3,(H,30,35). The highest BCUT2D eigenvalue weighted by Crippen LogP contribution is 2.44. The number of benzene rings is 2. The van der Waals surface area contributed by atoms with Crippen LogP contribution in [0.3, 0.4) is 0 Å². The van der Waals surface area contributed by atoms with Crippen LogP contribution in [0.5, 0.6) is 5.75 Å². The fourth-order valence-electron chi connectivity index (χ4n) is 4.93. The van der Waals surface area contributed by atoms with Gasteiger partial charge in [-0.25, -0.2) is 13.8 Å². The Labute approximate surface area is 211 Å². The van der Waals surface area contributed by atoms with Crippen molar-refractivity contribution in [3.05, 3.63) is 69.6 Å². The number of para-hydroxylation sites is 1. The lowest BCUT2D eigenvalue weighted by molar-refractivity contribution is 0.102. The Morgan fingerprint density at radius 3 is 2.65 bits per heavy atom. The van der Waals surface area contributed by atoms with Gasteiger partial charge in [0.05, 0.1) is 24.2 Å². The zero-order chi connectivity index (χ0) is 26.4. The summed E-state index contributed by atoms with van der Waals surface area (Å²) in [6.07, 6.45) is 1.97. The Hall–Kier alpha value is -4.03. The number of aromatic nitrogens is 2. The number of halogens is 2. The van der Waals surface area contributed by atoms with Crippen LogP contribution in [0.2, 0.25) is 0 Å². The molecule has 2 aromatic carbocycles. The zero-order valence-electron chi connectivity index (χ0n) is 20.7. The number of rotatable bonds is 5. The number of nitrogens with zero attached hydrogens (tertiary/aromatic N) is 5. The predicted octanol–water partition coefficient (Wildman–Crippen LogP) is 2.11. The topological polar surface area (TPSA) is 109 Å². The van der Waals surface area contributed by atoms with Crippen LogP contribution in [0.25, 0.3) is 5.69 Å². The van der Waals surface area contributed by atoms with Crippen LogP contribution in [0.4, 0.5) is 25.8 Å². The third-order valence-electron chi connectivity index (χ3n) is 6.81. The van der Waals surface area contributed by atoms with E-state index >= 15 is 4.39 Å². The number of nitrogens with two attached hydrogens (primary N) is 1. The molecule has 3 aromatic rings. The second-order valence-corrected chi connectivity index (χ2v) is 9.12. The van der Waals surface area contributed by atoms with E-state index in [1.807, 2.05) is 17.0 Å². The first-order valence-corrected chi connectivity index (χ1v) is 11.7. The molecule has 1 amide bonds. The molecular formula is C25H27F2N7O3. The molecule has 0 saturated carbocycles. The molecule has 1 atom stereocenters. The van der Waals surface area contributed by atoms with Crippen molar-refractivity contribution in [1.82, 2.24) is 14.8 Å². The molecule has 5 rings (SSSR count). The molecule has 3 N–H and O–H groups in total. The fraction of sp³-hybridized carbons (Fsp3) is 0.320. The van der Waals surface area contributed by atoms with Gasteiger partial charge >= 0.3 is 0 Å². The van der Waals surface area contributed by atoms with Crippen LogP contribution in [0.1, 0.15) is 22.3 Å². The maximum atomic E-state index is 15.3. The molecule has 1 saturated heterocycles. The normalized spacial score (nSPS) is 17.3. The van der Waals surface area contributed by atoms with Gasteiger partial charge in [-0.15, -0.1) is 0 Å². The molecule has 12 heteroatoms. The van der Waals surface area contributed by atoms with Gasteiger partial charge in [-0.1, -0.05) is 6.07 Å². The first kappa shape index (κ1) is 24.7. The van der Waals surface area contributed by atoms with Crippen LogP contribution in [0, 0.1) is 11.6 Å². The van der Waals surface area contributed by atoms with Gasteiger partial charge in [0, 0.05) is 57.6 Å². The smallest absolute Gasteiger partial charge is 0.284 e. The number of amides is 1. The molecule has 1 unspecified atom stereocenters. The highest BCUT2D eigenvalue weighted by Gasteiger charge is 2.34. The highest BCUT2D eigenvalue weighted by atomic mass is 19.1. The molecule has 3 heterocycles. The van der Waals surface area contributed by atoms with E-state index < -0.39 is 23.1 Å². The van der Waals surface area contributed by atoms with Gasteiger partial charge in [0.15, 0.2) is 5.82 Å². The number of hydrogen-bond donors (Lipinski definition) is 2. The molecule has 194 valence electrons. The van der Waals surface area contributed by atoms with Gasteiger partial charge in [-0.2, -0.15) is 9.78 Å². The second kappa shape index (κ2) is 9.45. The highest BCUT2D eigenvalue weighted by molar-refractivity contribution is 6.06. The molecule has 1 aromatic heterocycles. The maximum Gasteiger partial charge on any atom is 0.284 e. The third kappa shape index (κ3) is 4.17. The number of methoxy groups -OCH3 is 1. The number of fused-ring (bicyclic) bond motifs is 1. The molecule has 0 aliphatic carbocycles. The number of anilines is 3. The van der Waals surface area contributed by atoms with E-state index in [0.29, 0.717) is 31.0 Å².